The van der Waals surface area contributed by atoms with Gasteiger partial charge < -0.3 is 4.57 Å². The van der Waals surface area contributed by atoms with Crippen LogP contribution in [0, 0.1) is 13.8 Å². The van der Waals surface area contributed by atoms with Crippen molar-refractivity contribution in [3.05, 3.63) is 76.1 Å². The van der Waals surface area contributed by atoms with Gasteiger partial charge >= 0.3 is 6.18 Å². The standard InChI is InChI=1S/C22H16ClF3N2OS2/c1-12-8-17(13(2)28(12)16-5-3-4-14(9-16)22(24,25)26)19(29)11-30-21-27-18-10-15(23)6-7-20(18)31-21/h3-10H,11H2,1-2H3. The molecule has 0 saturated heterocycles. The summed E-state index contributed by atoms with van der Waals surface area (Å²) in [6.07, 6.45) is -4.43. The lowest BCUT2D eigenvalue weighted by Gasteiger charge is -2.13. The van der Waals surface area contributed by atoms with E-state index in [-0.39, 0.29) is 11.5 Å². The Hall–Kier alpha value is -2.29. The summed E-state index contributed by atoms with van der Waals surface area (Å²) in [4.78, 5) is 17.4. The monoisotopic (exact) mass is 480 g/mol. The molecule has 0 aliphatic rings. The van der Waals surface area contributed by atoms with E-state index >= 15 is 0 Å². The zero-order valence-corrected chi connectivity index (χ0v) is 18.8. The Morgan fingerprint density at radius 2 is 1.94 bits per heavy atom. The van der Waals surface area contributed by atoms with Crippen LogP contribution in [0.1, 0.15) is 27.3 Å². The van der Waals surface area contributed by atoms with Gasteiger partial charge in [-0.2, -0.15) is 13.2 Å². The highest BCUT2D eigenvalue weighted by atomic mass is 35.5. The number of hydrogen-bond donors (Lipinski definition) is 0. The van der Waals surface area contributed by atoms with Gasteiger partial charge in [-0.25, -0.2) is 4.98 Å². The molecule has 4 rings (SSSR count). The summed E-state index contributed by atoms with van der Waals surface area (Å²) < 4.78 is 42.7. The summed E-state index contributed by atoms with van der Waals surface area (Å²) in [6, 6.07) is 12.3. The Kier molecular flexibility index (Phi) is 5.89. The minimum Gasteiger partial charge on any atom is -0.318 e. The van der Waals surface area contributed by atoms with Gasteiger partial charge in [-0.1, -0.05) is 29.4 Å². The number of carbonyl (C=O) groups is 1. The van der Waals surface area contributed by atoms with E-state index in [4.69, 9.17) is 11.6 Å². The van der Waals surface area contributed by atoms with E-state index < -0.39 is 11.7 Å². The number of aryl methyl sites for hydroxylation is 1. The predicted octanol–water partition coefficient (Wildman–Crippen LogP) is 7.35. The van der Waals surface area contributed by atoms with E-state index in [2.05, 4.69) is 4.98 Å². The molecule has 0 unspecified atom stereocenters. The van der Waals surface area contributed by atoms with Crippen molar-refractivity contribution in [2.24, 2.45) is 0 Å². The second-order valence-electron chi connectivity index (χ2n) is 6.97. The molecule has 0 radical (unpaired) electrons. The minimum absolute atomic E-state index is 0.103. The van der Waals surface area contributed by atoms with Gasteiger partial charge in [0.15, 0.2) is 10.1 Å². The molecule has 4 aromatic rings. The van der Waals surface area contributed by atoms with Crippen LogP contribution < -0.4 is 0 Å². The van der Waals surface area contributed by atoms with Gasteiger partial charge in [-0.05, 0) is 56.3 Å². The molecule has 0 bridgehead atoms. The third-order valence-electron chi connectivity index (χ3n) is 4.82. The zero-order valence-electron chi connectivity index (χ0n) is 16.5. The molecule has 0 fully saturated rings. The second-order valence-corrected chi connectivity index (χ2v) is 9.66. The maximum absolute atomic E-state index is 13.1. The van der Waals surface area contributed by atoms with Crippen LogP contribution in [0.4, 0.5) is 13.2 Å². The van der Waals surface area contributed by atoms with Crippen LogP contribution in [0.2, 0.25) is 5.02 Å². The first-order valence-electron chi connectivity index (χ1n) is 9.22. The lowest BCUT2D eigenvalue weighted by molar-refractivity contribution is -0.137. The maximum atomic E-state index is 13.1. The topological polar surface area (TPSA) is 34.9 Å². The van der Waals surface area contributed by atoms with E-state index in [1.54, 1.807) is 42.7 Å². The number of fused-ring (bicyclic) bond motifs is 1. The van der Waals surface area contributed by atoms with Gasteiger partial charge in [0, 0.05) is 27.7 Å². The Bertz CT molecular complexity index is 1290. The quantitative estimate of drug-likeness (QED) is 0.221. The third-order valence-corrected chi connectivity index (χ3v) is 7.23. The van der Waals surface area contributed by atoms with Gasteiger partial charge in [0.25, 0.3) is 0 Å². The predicted molar refractivity (Wildman–Crippen MR) is 120 cm³/mol. The average molecular weight is 481 g/mol. The molecule has 2 aromatic heterocycles. The number of halogens is 4. The number of nitrogens with zero attached hydrogens (tertiary/aromatic N) is 2. The Morgan fingerprint density at radius 1 is 1.16 bits per heavy atom. The molecule has 0 saturated carbocycles. The average Bonchev–Trinajstić information content (AvgIpc) is 3.25. The van der Waals surface area contributed by atoms with E-state index in [1.165, 1.54) is 29.2 Å². The first-order valence-corrected chi connectivity index (χ1v) is 11.4. The van der Waals surface area contributed by atoms with Crippen LogP contribution in [0.25, 0.3) is 15.9 Å². The van der Waals surface area contributed by atoms with Crippen molar-refractivity contribution < 1.29 is 18.0 Å². The molecule has 2 heterocycles. The lowest BCUT2D eigenvalue weighted by Crippen LogP contribution is -2.08. The number of rotatable bonds is 5. The van der Waals surface area contributed by atoms with Crippen LogP contribution in [0.3, 0.4) is 0 Å². The van der Waals surface area contributed by atoms with Gasteiger partial charge in [0.2, 0.25) is 0 Å². The van der Waals surface area contributed by atoms with Crippen LogP contribution in [0.5, 0.6) is 0 Å². The van der Waals surface area contributed by atoms with Crippen molar-refractivity contribution >= 4 is 50.7 Å². The van der Waals surface area contributed by atoms with E-state index in [0.717, 1.165) is 26.7 Å². The van der Waals surface area contributed by atoms with Gasteiger partial charge in [0.1, 0.15) is 0 Å². The SMILES string of the molecule is Cc1cc(C(=O)CSc2nc3cc(Cl)ccc3s2)c(C)n1-c1cccc(C(F)(F)F)c1. The third kappa shape index (κ3) is 4.51. The highest BCUT2D eigenvalue weighted by molar-refractivity contribution is 8.01. The molecular weight excluding hydrogens is 465 g/mol. The molecule has 0 N–H and O–H groups in total. The van der Waals surface area contributed by atoms with Crippen molar-refractivity contribution in [3.63, 3.8) is 0 Å². The fraction of sp³-hybridized carbons (Fsp3) is 0.182. The van der Waals surface area contributed by atoms with Gasteiger partial charge in [-0.3, -0.25) is 4.79 Å². The number of carbonyl (C=O) groups excluding carboxylic acids is 1. The summed E-state index contributed by atoms with van der Waals surface area (Å²) in [5.74, 6) is 0.0779. The summed E-state index contributed by atoms with van der Waals surface area (Å²) in [5, 5.41) is 0.604. The summed E-state index contributed by atoms with van der Waals surface area (Å²) in [6.45, 7) is 3.51. The number of aromatic nitrogens is 2. The number of Topliss-reactive ketones (excluding diaryl/α,β-unsaturated/α-hetero) is 1. The van der Waals surface area contributed by atoms with E-state index in [0.29, 0.717) is 27.7 Å². The van der Waals surface area contributed by atoms with Crippen molar-refractivity contribution in [1.29, 1.82) is 0 Å². The van der Waals surface area contributed by atoms with E-state index in [1.807, 2.05) is 6.07 Å². The molecule has 31 heavy (non-hydrogen) atoms. The fourth-order valence-corrected chi connectivity index (χ4v) is 5.51. The Labute approximate surface area is 189 Å². The molecule has 0 aliphatic carbocycles. The smallest absolute Gasteiger partial charge is 0.318 e. The molecule has 3 nitrogen and oxygen atoms in total. The molecule has 160 valence electrons. The van der Waals surface area contributed by atoms with Crippen LogP contribution >= 0.6 is 34.7 Å². The lowest BCUT2D eigenvalue weighted by atomic mass is 10.1. The number of benzene rings is 2. The summed E-state index contributed by atoms with van der Waals surface area (Å²) in [7, 11) is 0. The van der Waals surface area contributed by atoms with Crippen molar-refractivity contribution in [3.8, 4) is 5.69 Å². The highest BCUT2D eigenvalue weighted by Crippen LogP contribution is 2.33. The number of thiazole rings is 1. The first kappa shape index (κ1) is 21.9. The number of hydrogen-bond acceptors (Lipinski definition) is 4. The second kappa shape index (κ2) is 8.33. The Balaban J connectivity index is 1.57. The Morgan fingerprint density at radius 3 is 2.68 bits per heavy atom. The fourth-order valence-electron chi connectivity index (χ4n) is 3.41. The molecule has 0 atom stereocenters. The largest absolute Gasteiger partial charge is 0.416 e. The van der Waals surface area contributed by atoms with Crippen LogP contribution in [-0.4, -0.2) is 21.1 Å². The van der Waals surface area contributed by atoms with E-state index in [9.17, 15) is 18.0 Å². The first-order chi connectivity index (χ1) is 14.6. The minimum atomic E-state index is -4.43. The number of thioether (sulfide) groups is 1. The van der Waals surface area contributed by atoms with Crippen molar-refractivity contribution in [1.82, 2.24) is 9.55 Å². The van der Waals surface area contributed by atoms with Crippen molar-refractivity contribution in [2.75, 3.05) is 5.75 Å². The summed E-state index contributed by atoms with van der Waals surface area (Å²) >= 11 is 8.82. The highest BCUT2D eigenvalue weighted by Gasteiger charge is 2.30. The number of ketones is 1. The van der Waals surface area contributed by atoms with Crippen molar-refractivity contribution in [2.45, 2.75) is 24.4 Å². The molecule has 0 spiro atoms. The molecule has 0 aliphatic heterocycles. The normalized spacial score (nSPS) is 11.9. The molecule has 9 heteroatoms. The van der Waals surface area contributed by atoms with Gasteiger partial charge in [0.05, 0.1) is 21.5 Å². The van der Waals surface area contributed by atoms with Crippen LogP contribution in [0.15, 0.2) is 52.9 Å². The molecular formula is C22H16ClF3N2OS2. The van der Waals surface area contributed by atoms with Crippen LogP contribution in [-0.2, 0) is 6.18 Å². The molecule has 0 amide bonds. The maximum Gasteiger partial charge on any atom is 0.416 e. The number of alkyl halides is 3. The molecule has 2 aromatic carbocycles. The van der Waals surface area contributed by atoms with Gasteiger partial charge in [-0.15, -0.1) is 11.3 Å². The summed E-state index contributed by atoms with van der Waals surface area (Å²) in [5.41, 5.74) is 2.23. The zero-order chi connectivity index (χ0) is 22.3.